The van der Waals surface area contributed by atoms with Gasteiger partial charge in [-0.3, -0.25) is 19.3 Å². The normalized spacial score (nSPS) is 21.8. The van der Waals surface area contributed by atoms with Gasteiger partial charge in [0.1, 0.15) is 0 Å². The van der Waals surface area contributed by atoms with Gasteiger partial charge < -0.3 is 15.0 Å². The lowest BCUT2D eigenvalue weighted by atomic mass is 10.1. The minimum atomic E-state index is -1.07. The molecule has 2 aliphatic heterocycles. The Labute approximate surface area is 157 Å². The van der Waals surface area contributed by atoms with E-state index in [1.807, 2.05) is 37.3 Å². The third-order valence-corrected chi connectivity index (χ3v) is 5.00. The second-order valence-electron chi connectivity index (χ2n) is 6.83. The first-order valence-corrected chi connectivity index (χ1v) is 9.02. The number of nitrogens with zero attached hydrogens (tertiary/aromatic N) is 2. The molecule has 2 aliphatic rings. The molecule has 2 saturated heterocycles. The third kappa shape index (κ3) is 3.94. The first-order valence-electron chi connectivity index (χ1n) is 9.02. The molecular weight excluding hydrogens is 350 g/mol. The van der Waals surface area contributed by atoms with E-state index in [1.54, 1.807) is 4.90 Å². The fourth-order valence-corrected chi connectivity index (χ4v) is 3.40. The summed E-state index contributed by atoms with van der Waals surface area (Å²) in [7, 11) is 0. The second kappa shape index (κ2) is 7.77. The van der Waals surface area contributed by atoms with Gasteiger partial charge in [0.15, 0.2) is 6.10 Å². The first kappa shape index (κ1) is 18.9. The average Bonchev–Trinajstić information content (AvgIpc) is 3.26. The molecule has 0 saturated carbocycles. The molecule has 2 heterocycles. The van der Waals surface area contributed by atoms with Crippen LogP contribution in [0.4, 0.5) is 4.79 Å². The fourth-order valence-electron chi connectivity index (χ4n) is 3.40. The van der Waals surface area contributed by atoms with Crippen LogP contribution in [0.25, 0.3) is 0 Å². The van der Waals surface area contributed by atoms with E-state index in [-0.39, 0.29) is 31.5 Å². The Hall–Kier alpha value is -2.90. The van der Waals surface area contributed by atoms with E-state index < -0.39 is 29.9 Å². The van der Waals surface area contributed by atoms with Crippen molar-refractivity contribution < 1.29 is 23.9 Å². The maximum absolute atomic E-state index is 12.4. The minimum Gasteiger partial charge on any atom is -0.452 e. The molecule has 8 heteroatoms. The Morgan fingerprint density at radius 3 is 2.52 bits per heavy atom. The quantitative estimate of drug-likeness (QED) is 0.779. The van der Waals surface area contributed by atoms with Gasteiger partial charge >= 0.3 is 12.0 Å². The molecule has 1 aromatic rings. The van der Waals surface area contributed by atoms with Crippen LogP contribution in [0.5, 0.6) is 0 Å². The summed E-state index contributed by atoms with van der Waals surface area (Å²) in [5.74, 6) is -1.89. The number of hydrogen-bond acceptors (Lipinski definition) is 5. The summed E-state index contributed by atoms with van der Waals surface area (Å²) in [4.78, 5) is 51.3. The molecule has 0 aliphatic carbocycles. The number of nitrogens with one attached hydrogen (secondary N) is 1. The van der Waals surface area contributed by atoms with E-state index in [9.17, 15) is 19.2 Å². The number of ether oxygens (including phenoxy) is 1. The van der Waals surface area contributed by atoms with Crippen molar-refractivity contribution in [3.05, 3.63) is 35.9 Å². The topological polar surface area (TPSA) is 96.0 Å². The summed E-state index contributed by atoms with van der Waals surface area (Å²) >= 11 is 0. The van der Waals surface area contributed by atoms with Crippen LogP contribution < -0.4 is 5.32 Å². The van der Waals surface area contributed by atoms with Gasteiger partial charge in [0.2, 0.25) is 5.91 Å². The molecule has 3 rings (SSSR count). The second-order valence-corrected chi connectivity index (χ2v) is 6.83. The zero-order valence-electron chi connectivity index (χ0n) is 15.4. The highest BCUT2D eigenvalue weighted by Crippen LogP contribution is 2.29. The molecule has 27 heavy (non-hydrogen) atoms. The fraction of sp³-hybridized carbons (Fsp3) is 0.474. The predicted octanol–water partition coefficient (Wildman–Crippen LogP) is 1.08. The number of benzene rings is 1. The van der Waals surface area contributed by atoms with E-state index in [1.165, 1.54) is 6.92 Å². The van der Waals surface area contributed by atoms with Gasteiger partial charge in [0.25, 0.3) is 5.91 Å². The van der Waals surface area contributed by atoms with Crippen molar-refractivity contribution in [1.29, 1.82) is 0 Å². The summed E-state index contributed by atoms with van der Waals surface area (Å²) in [6, 6.07) is 8.95. The van der Waals surface area contributed by atoms with E-state index >= 15 is 0 Å². The maximum Gasteiger partial charge on any atom is 0.324 e. The van der Waals surface area contributed by atoms with Crippen molar-refractivity contribution in [3.8, 4) is 0 Å². The highest BCUT2D eigenvalue weighted by Gasteiger charge is 2.40. The van der Waals surface area contributed by atoms with Gasteiger partial charge in [-0.1, -0.05) is 30.3 Å². The van der Waals surface area contributed by atoms with Gasteiger partial charge in [0, 0.05) is 26.1 Å². The van der Waals surface area contributed by atoms with Crippen LogP contribution in [0.3, 0.4) is 0 Å². The van der Waals surface area contributed by atoms with Gasteiger partial charge in [-0.15, -0.1) is 0 Å². The number of carbonyl (C=O) groups excluding carboxylic acids is 4. The molecular formula is C19H23N3O5. The number of imide groups is 1. The van der Waals surface area contributed by atoms with Crippen LogP contribution >= 0.6 is 0 Å². The standard InChI is InChI=1S/C19H23N3O5/c1-12(14-6-4-3-5-7-14)22-11-15(10-16(22)23)18(25)27-13(2)17(24)21-9-8-20-19(21)26/h3-7,12-13,15H,8-11H2,1-2H3,(H,20,26)/t12-,13+,15+/m1/s1. The number of esters is 1. The van der Waals surface area contributed by atoms with Crippen LogP contribution in [-0.2, 0) is 19.1 Å². The number of likely N-dealkylation sites (tertiary alicyclic amines) is 1. The summed E-state index contributed by atoms with van der Waals surface area (Å²) < 4.78 is 5.25. The zero-order chi connectivity index (χ0) is 19.6. The molecule has 0 aromatic heterocycles. The predicted molar refractivity (Wildman–Crippen MR) is 95.3 cm³/mol. The summed E-state index contributed by atoms with van der Waals surface area (Å²) in [5, 5.41) is 2.53. The lowest BCUT2D eigenvalue weighted by molar-refractivity contribution is -0.160. The molecule has 0 spiro atoms. The number of rotatable bonds is 5. The Bertz CT molecular complexity index is 751. The monoisotopic (exact) mass is 373 g/mol. The van der Waals surface area contributed by atoms with Crippen molar-refractivity contribution in [2.75, 3.05) is 19.6 Å². The van der Waals surface area contributed by atoms with Crippen molar-refractivity contribution in [3.63, 3.8) is 0 Å². The van der Waals surface area contributed by atoms with Gasteiger partial charge in [-0.25, -0.2) is 4.79 Å². The summed E-state index contributed by atoms with van der Waals surface area (Å²) in [5.41, 5.74) is 0.989. The molecule has 1 N–H and O–H groups in total. The Kier molecular flexibility index (Phi) is 5.43. The molecule has 1 aromatic carbocycles. The molecule has 2 fully saturated rings. The molecule has 0 unspecified atom stereocenters. The van der Waals surface area contributed by atoms with E-state index in [0.717, 1.165) is 10.5 Å². The minimum absolute atomic E-state index is 0.0567. The van der Waals surface area contributed by atoms with Gasteiger partial charge in [-0.05, 0) is 19.4 Å². The van der Waals surface area contributed by atoms with E-state index in [2.05, 4.69) is 5.32 Å². The molecule has 0 bridgehead atoms. The number of urea groups is 1. The molecule has 8 nitrogen and oxygen atoms in total. The molecule has 144 valence electrons. The van der Waals surface area contributed by atoms with Crippen molar-refractivity contribution >= 4 is 23.8 Å². The van der Waals surface area contributed by atoms with E-state index in [4.69, 9.17) is 4.74 Å². The van der Waals surface area contributed by atoms with E-state index in [0.29, 0.717) is 6.54 Å². The highest BCUT2D eigenvalue weighted by molar-refractivity contribution is 5.98. The lowest BCUT2D eigenvalue weighted by Gasteiger charge is -2.25. The van der Waals surface area contributed by atoms with Crippen molar-refractivity contribution in [2.45, 2.75) is 32.4 Å². The third-order valence-electron chi connectivity index (χ3n) is 5.00. The number of hydrogen-bond donors (Lipinski definition) is 1. The number of carbonyl (C=O) groups is 4. The maximum atomic E-state index is 12.4. The summed E-state index contributed by atoms with van der Waals surface area (Å²) in [6.07, 6.45) is -1.02. The molecule has 3 atom stereocenters. The van der Waals surface area contributed by atoms with Crippen LogP contribution in [0.2, 0.25) is 0 Å². The first-order chi connectivity index (χ1) is 12.9. The van der Waals surface area contributed by atoms with Crippen LogP contribution in [0.15, 0.2) is 30.3 Å². The highest BCUT2D eigenvalue weighted by atomic mass is 16.5. The lowest BCUT2D eigenvalue weighted by Crippen LogP contribution is -2.42. The summed E-state index contributed by atoms with van der Waals surface area (Å²) in [6.45, 7) is 4.24. The van der Waals surface area contributed by atoms with Gasteiger partial charge in [-0.2, -0.15) is 0 Å². The van der Waals surface area contributed by atoms with Crippen LogP contribution in [0, 0.1) is 5.92 Å². The Morgan fingerprint density at radius 1 is 1.19 bits per heavy atom. The average molecular weight is 373 g/mol. The SMILES string of the molecule is C[C@H](OC(=O)[C@H]1CC(=O)N([C@H](C)c2ccccc2)C1)C(=O)N1CCNC1=O. The van der Waals surface area contributed by atoms with Crippen LogP contribution in [0.1, 0.15) is 31.9 Å². The van der Waals surface area contributed by atoms with Crippen molar-refractivity contribution in [2.24, 2.45) is 5.92 Å². The van der Waals surface area contributed by atoms with Crippen LogP contribution in [-0.4, -0.2) is 59.4 Å². The molecule has 4 amide bonds. The smallest absolute Gasteiger partial charge is 0.324 e. The zero-order valence-corrected chi connectivity index (χ0v) is 15.4. The van der Waals surface area contributed by atoms with Gasteiger partial charge in [0.05, 0.1) is 12.0 Å². The Morgan fingerprint density at radius 2 is 1.89 bits per heavy atom. The molecule has 0 radical (unpaired) electrons. The largest absolute Gasteiger partial charge is 0.452 e. The number of amides is 4. The Balaban J connectivity index is 1.59. The van der Waals surface area contributed by atoms with Crippen molar-refractivity contribution in [1.82, 2.24) is 15.1 Å².